The predicted octanol–water partition coefficient (Wildman–Crippen LogP) is 2.27. The van der Waals surface area contributed by atoms with Gasteiger partial charge in [-0.05, 0) is 31.2 Å². The van der Waals surface area contributed by atoms with Crippen molar-refractivity contribution in [3.8, 4) is 5.88 Å². The van der Waals surface area contributed by atoms with Crippen LogP contribution in [0.25, 0.3) is 0 Å². The van der Waals surface area contributed by atoms with Crippen LogP contribution < -0.4 is 10.1 Å². The van der Waals surface area contributed by atoms with E-state index in [1.165, 1.54) is 25.6 Å². The summed E-state index contributed by atoms with van der Waals surface area (Å²) in [5.74, 6) is -0.731. The van der Waals surface area contributed by atoms with Gasteiger partial charge in [0.15, 0.2) is 0 Å². The Kier molecular flexibility index (Phi) is 4.57. The lowest BCUT2D eigenvalue weighted by atomic mass is 10.0. The van der Waals surface area contributed by atoms with Crippen LogP contribution in [0.4, 0.5) is 8.78 Å². The Balaban J connectivity index is 2.23. The summed E-state index contributed by atoms with van der Waals surface area (Å²) in [5, 5.41) is 3.07. The second kappa shape index (κ2) is 6.38. The molecule has 1 unspecified atom stereocenters. The van der Waals surface area contributed by atoms with Gasteiger partial charge in [0.25, 0.3) is 0 Å². The summed E-state index contributed by atoms with van der Waals surface area (Å²) < 4.78 is 31.4. The Morgan fingerprint density at radius 2 is 1.85 bits per heavy atom. The van der Waals surface area contributed by atoms with Gasteiger partial charge in [-0.15, -0.1) is 0 Å². The van der Waals surface area contributed by atoms with Gasteiger partial charge in [0.1, 0.15) is 18.0 Å². The first-order valence-corrected chi connectivity index (χ1v) is 6.10. The fourth-order valence-corrected chi connectivity index (χ4v) is 1.97. The van der Waals surface area contributed by atoms with E-state index in [9.17, 15) is 8.78 Å². The van der Waals surface area contributed by atoms with Crippen molar-refractivity contribution in [2.75, 3.05) is 14.2 Å². The standard InChI is InChI=1S/C14H15F2N3O/c1-17-12(13-7-14(20-2)19-8-18-13)5-9-3-10(15)6-11(16)4-9/h3-4,6-8,12,17H,5H2,1-2H3. The van der Waals surface area contributed by atoms with Gasteiger partial charge in [0, 0.05) is 12.1 Å². The summed E-state index contributed by atoms with van der Waals surface area (Å²) in [6.07, 6.45) is 1.80. The van der Waals surface area contributed by atoms with Gasteiger partial charge in [-0.1, -0.05) is 0 Å². The maximum atomic E-state index is 13.2. The molecule has 1 N–H and O–H groups in total. The lowest BCUT2D eigenvalue weighted by Crippen LogP contribution is -2.20. The number of nitrogens with zero attached hydrogens (tertiary/aromatic N) is 2. The molecule has 0 saturated heterocycles. The van der Waals surface area contributed by atoms with Gasteiger partial charge < -0.3 is 10.1 Å². The average Bonchev–Trinajstić information content (AvgIpc) is 2.44. The number of halogens is 2. The zero-order valence-electron chi connectivity index (χ0n) is 11.2. The largest absolute Gasteiger partial charge is 0.481 e. The van der Waals surface area contributed by atoms with Gasteiger partial charge in [-0.3, -0.25) is 0 Å². The molecule has 1 aromatic carbocycles. The Labute approximate surface area is 115 Å². The molecular weight excluding hydrogens is 264 g/mol. The third-order valence-electron chi connectivity index (χ3n) is 2.94. The number of hydrogen-bond acceptors (Lipinski definition) is 4. The summed E-state index contributed by atoms with van der Waals surface area (Å²) in [4.78, 5) is 8.09. The van der Waals surface area contributed by atoms with Crippen LogP contribution in [0, 0.1) is 11.6 Å². The number of likely N-dealkylation sites (N-methyl/N-ethyl adjacent to an activating group) is 1. The first-order chi connectivity index (χ1) is 9.62. The van der Waals surface area contributed by atoms with E-state index in [1.807, 2.05) is 0 Å². The first-order valence-electron chi connectivity index (χ1n) is 6.10. The minimum Gasteiger partial charge on any atom is -0.481 e. The number of methoxy groups -OCH3 is 1. The van der Waals surface area contributed by atoms with E-state index in [-0.39, 0.29) is 6.04 Å². The van der Waals surface area contributed by atoms with Crippen LogP contribution in [-0.4, -0.2) is 24.1 Å². The molecule has 1 atom stereocenters. The van der Waals surface area contributed by atoms with Crippen molar-refractivity contribution in [3.63, 3.8) is 0 Å². The lowest BCUT2D eigenvalue weighted by Gasteiger charge is -2.16. The molecule has 0 amide bonds. The molecule has 1 heterocycles. The molecule has 2 aromatic rings. The molecule has 0 aliphatic heterocycles. The molecule has 0 bridgehead atoms. The normalized spacial score (nSPS) is 12.2. The van der Waals surface area contributed by atoms with Crippen LogP contribution in [-0.2, 0) is 6.42 Å². The Hall–Kier alpha value is -2.08. The van der Waals surface area contributed by atoms with Gasteiger partial charge >= 0.3 is 0 Å². The van der Waals surface area contributed by atoms with Crippen molar-refractivity contribution < 1.29 is 13.5 Å². The fraction of sp³-hybridized carbons (Fsp3) is 0.286. The summed E-state index contributed by atoms with van der Waals surface area (Å²) in [7, 11) is 3.28. The minimum atomic E-state index is -0.588. The van der Waals surface area contributed by atoms with Gasteiger partial charge in [0.05, 0.1) is 18.8 Å². The van der Waals surface area contributed by atoms with Crippen LogP contribution in [0.2, 0.25) is 0 Å². The minimum absolute atomic E-state index is 0.187. The average molecular weight is 279 g/mol. The smallest absolute Gasteiger partial charge is 0.216 e. The van der Waals surface area contributed by atoms with Crippen LogP contribution in [0.1, 0.15) is 17.3 Å². The molecule has 0 fully saturated rings. The highest BCUT2D eigenvalue weighted by atomic mass is 19.1. The van der Waals surface area contributed by atoms with E-state index in [0.717, 1.165) is 6.07 Å². The van der Waals surface area contributed by atoms with E-state index < -0.39 is 11.6 Å². The molecule has 0 spiro atoms. The molecule has 0 radical (unpaired) electrons. The quantitative estimate of drug-likeness (QED) is 0.912. The summed E-state index contributed by atoms with van der Waals surface area (Å²) in [5.41, 5.74) is 1.25. The molecule has 4 nitrogen and oxygen atoms in total. The van der Waals surface area contributed by atoms with E-state index in [2.05, 4.69) is 15.3 Å². The van der Waals surface area contributed by atoms with Crippen LogP contribution in [0.5, 0.6) is 5.88 Å². The van der Waals surface area contributed by atoms with Crippen molar-refractivity contribution in [1.29, 1.82) is 0 Å². The van der Waals surface area contributed by atoms with Gasteiger partial charge in [-0.2, -0.15) is 0 Å². The molecule has 0 aliphatic rings. The topological polar surface area (TPSA) is 47.0 Å². The number of benzene rings is 1. The molecular formula is C14H15F2N3O. The Morgan fingerprint density at radius 1 is 1.15 bits per heavy atom. The lowest BCUT2D eigenvalue weighted by molar-refractivity contribution is 0.394. The third kappa shape index (κ3) is 3.48. The number of hydrogen-bond donors (Lipinski definition) is 1. The highest BCUT2D eigenvalue weighted by Crippen LogP contribution is 2.20. The van der Waals surface area contributed by atoms with Crippen LogP contribution in [0.3, 0.4) is 0 Å². The molecule has 0 saturated carbocycles. The highest BCUT2D eigenvalue weighted by molar-refractivity contribution is 5.23. The van der Waals surface area contributed by atoms with Crippen molar-refractivity contribution >= 4 is 0 Å². The molecule has 0 aliphatic carbocycles. The highest BCUT2D eigenvalue weighted by Gasteiger charge is 2.14. The van der Waals surface area contributed by atoms with Gasteiger partial charge in [0.2, 0.25) is 5.88 Å². The molecule has 2 rings (SSSR count). The molecule has 106 valence electrons. The van der Waals surface area contributed by atoms with Gasteiger partial charge in [-0.25, -0.2) is 18.7 Å². The maximum Gasteiger partial charge on any atom is 0.216 e. The zero-order chi connectivity index (χ0) is 14.5. The van der Waals surface area contributed by atoms with Crippen molar-refractivity contribution in [1.82, 2.24) is 15.3 Å². The van der Waals surface area contributed by atoms with E-state index in [1.54, 1.807) is 13.1 Å². The van der Waals surface area contributed by atoms with Crippen molar-refractivity contribution in [2.24, 2.45) is 0 Å². The molecule has 1 aromatic heterocycles. The second-order valence-electron chi connectivity index (χ2n) is 4.31. The maximum absolute atomic E-state index is 13.2. The van der Waals surface area contributed by atoms with Crippen molar-refractivity contribution in [3.05, 3.63) is 53.5 Å². The van der Waals surface area contributed by atoms with E-state index in [0.29, 0.717) is 23.6 Å². The number of aromatic nitrogens is 2. The molecule has 6 heteroatoms. The first kappa shape index (κ1) is 14.3. The summed E-state index contributed by atoms with van der Waals surface area (Å²) in [6.45, 7) is 0. The summed E-state index contributed by atoms with van der Waals surface area (Å²) in [6, 6.07) is 4.98. The monoisotopic (exact) mass is 279 g/mol. The number of nitrogens with one attached hydrogen (secondary N) is 1. The second-order valence-corrected chi connectivity index (χ2v) is 4.31. The number of rotatable bonds is 5. The van der Waals surface area contributed by atoms with E-state index >= 15 is 0 Å². The van der Waals surface area contributed by atoms with Crippen LogP contribution in [0.15, 0.2) is 30.6 Å². The Morgan fingerprint density at radius 3 is 2.45 bits per heavy atom. The van der Waals surface area contributed by atoms with Crippen LogP contribution >= 0.6 is 0 Å². The summed E-state index contributed by atoms with van der Waals surface area (Å²) >= 11 is 0. The SMILES string of the molecule is CNC(Cc1cc(F)cc(F)c1)c1cc(OC)ncn1. The van der Waals surface area contributed by atoms with Crippen molar-refractivity contribution in [2.45, 2.75) is 12.5 Å². The Bertz CT molecular complexity index is 572. The zero-order valence-corrected chi connectivity index (χ0v) is 11.2. The number of ether oxygens (including phenoxy) is 1. The predicted molar refractivity (Wildman–Crippen MR) is 70.4 cm³/mol. The van der Waals surface area contributed by atoms with E-state index in [4.69, 9.17) is 4.74 Å². The molecule has 20 heavy (non-hydrogen) atoms. The fourth-order valence-electron chi connectivity index (χ4n) is 1.97. The third-order valence-corrected chi connectivity index (χ3v) is 2.94.